The molecule has 4 heteroatoms. The van der Waals surface area contributed by atoms with Gasteiger partial charge < -0.3 is 10.6 Å². The van der Waals surface area contributed by atoms with Crippen LogP contribution in [0, 0.1) is 6.92 Å². The molecule has 4 nitrogen and oxygen atoms in total. The Morgan fingerprint density at radius 1 is 1.29 bits per heavy atom. The molecule has 0 saturated carbocycles. The second-order valence-corrected chi connectivity index (χ2v) is 6.31. The third-order valence-electron chi connectivity index (χ3n) is 4.71. The normalized spacial score (nSPS) is 25.4. The number of aryl methyl sites for hydroxylation is 1. The number of amides is 2. The second kappa shape index (κ2) is 6.48. The van der Waals surface area contributed by atoms with E-state index in [1.165, 1.54) is 31.4 Å². The van der Waals surface area contributed by atoms with E-state index in [1.54, 1.807) is 0 Å². The van der Waals surface area contributed by atoms with E-state index in [9.17, 15) is 4.79 Å². The average Bonchev–Trinajstić information content (AvgIpc) is 2.89. The monoisotopic (exact) mass is 287 g/mol. The van der Waals surface area contributed by atoms with Gasteiger partial charge in [-0.1, -0.05) is 36.2 Å². The summed E-state index contributed by atoms with van der Waals surface area (Å²) in [6.07, 6.45) is 4.92. The molecule has 114 valence electrons. The van der Waals surface area contributed by atoms with Crippen LogP contribution in [0.25, 0.3) is 0 Å². The van der Waals surface area contributed by atoms with Crippen LogP contribution in [0.2, 0.25) is 0 Å². The molecule has 2 aliphatic rings. The number of hydrogen-bond acceptors (Lipinski definition) is 2. The zero-order valence-corrected chi connectivity index (χ0v) is 12.8. The van der Waals surface area contributed by atoms with Crippen molar-refractivity contribution < 1.29 is 4.79 Å². The van der Waals surface area contributed by atoms with Crippen molar-refractivity contribution in [1.29, 1.82) is 0 Å². The number of carbonyl (C=O) groups excluding carboxylic acids is 1. The zero-order valence-electron chi connectivity index (χ0n) is 12.8. The highest BCUT2D eigenvalue weighted by Gasteiger charge is 2.36. The van der Waals surface area contributed by atoms with Gasteiger partial charge in [0.15, 0.2) is 0 Å². The van der Waals surface area contributed by atoms with E-state index in [1.807, 2.05) is 12.1 Å². The van der Waals surface area contributed by atoms with Gasteiger partial charge >= 0.3 is 6.03 Å². The second-order valence-electron chi connectivity index (χ2n) is 6.31. The first-order valence-corrected chi connectivity index (χ1v) is 8.06. The van der Waals surface area contributed by atoms with Gasteiger partial charge in [-0.2, -0.15) is 0 Å². The lowest BCUT2D eigenvalue weighted by Gasteiger charge is -2.32. The van der Waals surface area contributed by atoms with Crippen LogP contribution in [0.5, 0.6) is 0 Å². The van der Waals surface area contributed by atoms with Crippen LogP contribution in [0.1, 0.15) is 36.8 Å². The van der Waals surface area contributed by atoms with E-state index in [-0.39, 0.29) is 6.03 Å². The smallest absolute Gasteiger partial charge is 0.315 e. The Balaban J connectivity index is 1.48. The molecule has 1 aromatic rings. The van der Waals surface area contributed by atoms with Gasteiger partial charge in [0.1, 0.15) is 0 Å². The summed E-state index contributed by atoms with van der Waals surface area (Å²) in [5.74, 6) is 0. The summed E-state index contributed by atoms with van der Waals surface area (Å²) in [6, 6.07) is 9.10. The van der Waals surface area contributed by atoms with E-state index in [0.717, 1.165) is 18.5 Å². The van der Waals surface area contributed by atoms with Crippen LogP contribution < -0.4 is 10.6 Å². The van der Waals surface area contributed by atoms with Crippen LogP contribution in [0.3, 0.4) is 0 Å². The summed E-state index contributed by atoms with van der Waals surface area (Å²) in [5.41, 5.74) is 2.37. The number of hydrogen-bond donors (Lipinski definition) is 2. The van der Waals surface area contributed by atoms with E-state index in [0.29, 0.717) is 18.6 Å². The molecule has 0 bridgehead atoms. The van der Waals surface area contributed by atoms with E-state index < -0.39 is 0 Å². The maximum Gasteiger partial charge on any atom is 0.315 e. The van der Waals surface area contributed by atoms with Crippen molar-refractivity contribution in [2.24, 2.45) is 0 Å². The lowest BCUT2D eigenvalue weighted by atomic mass is 9.99. The van der Waals surface area contributed by atoms with Crippen LogP contribution >= 0.6 is 0 Å². The minimum atomic E-state index is -0.0334. The number of carbonyl (C=O) groups is 1. The lowest BCUT2D eigenvalue weighted by Crippen LogP contribution is -2.49. The molecule has 2 saturated heterocycles. The van der Waals surface area contributed by atoms with Crippen LogP contribution in [0.15, 0.2) is 24.3 Å². The molecule has 0 radical (unpaired) electrons. The van der Waals surface area contributed by atoms with Gasteiger partial charge in [0.2, 0.25) is 0 Å². The van der Waals surface area contributed by atoms with Crippen molar-refractivity contribution in [3.05, 3.63) is 35.4 Å². The van der Waals surface area contributed by atoms with Crippen LogP contribution in [0.4, 0.5) is 4.79 Å². The number of benzene rings is 1. The van der Waals surface area contributed by atoms with Gasteiger partial charge in [-0.3, -0.25) is 4.90 Å². The fraction of sp³-hybridized carbons (Fsp3) is 0.588. The number of rotatable bonds is 3. The molecule has 1 aromatic carbocycles. The van der Waals surface area contributed by atoms with Crippen molar-refractivity contribution in [1.82, 2.24) is 15.5 Å². The summed E-state index contributed by atoms with van der Waals surface area (Å²) in [7, 11) is 0. The number of piperidine rings is 1. The predicted molar refractivity (Wildman–Crippen MR) is 84.2 cm³/mol. The SMILES string of the molecule is Cc1cccc(CNC(=O)NC2CCN3CCCCC23)c1. The molecule has 0 aliphatic carbocycles. The first kappa shape index (κ1) is 14.4. The molecule has 0 aromatic heterocycles. The third kappa shape index (κ3) is 3.56. The quantitative estimate of drug-likeness (QED) is 0.897. The van der Waals surface area contributed by atoms with E-state index >= 15 is 0 Å². The zero-order chi connectivity index (χ0) is 14.7. The predicted octanol–water partition coefficient (Wildman–Crippen LogP) is 2.42. The third-order valence-corrected chi connectivity index (χ3v) is 4.71. The van der Waals surface area contributed by atoms with Crippen LogP contribution in [-0.2, 0) is 6.54 Å². The number of nitrogens with one attached hydrogen (secondary N) is 2. The van der Waals surface area contributed by atoms with Gasteiger partial charge in [-0.25, -0.2) is 4.79 Å². The van der Waals surface area contributed by atoms with Gasteiger partial charge in [-0.15, -0.1) is 0 Å². The van der Waals surface area contributed by atoms with Gasteiger partial charge in [-0.05, 0) is 38.3 Å². The summed E-state index contributed by atoms with van der Waals surface area (Å²) >= 11 is 0. The molecular weight excluding hydrogens is 262 g/mol. The molecule has 2 atom stereocenters. The molecule has 0 spiro atoms. The molecule has 2 fully saturated rings. The van der Waals surface area contributed by atoms with Crippen molar-refractivity contribution in [2.45, 2.75) is 51.2 Å². The topological polar surface area (TPSA) is 44.4 Å². The number of nitrogens with zero attached hydrogens (tertiary/aromatic N) is 1. The Kier molecular flexibility index (Phi) is 4.44. The Hall–Kier alpha value is -1.55. The number of fused-ring (bicyclic) bond motifs is 1. The maximum atomic E-state index is 12.1. The largest absolute Gasteiger partial charge is 0.334 e. The Bertz CT molecular complexity index is 503. The highest BCUT2D eigenvalue weighted by molar-refractivity contribution is 5.74. The van der Waals surface area contributed by atoms with Crippen molar-refractivity contribution in [3.8, 4) is 0 Å². The minimum Gasteiger partial charge on any atom is -0.334 e. The Morgan fingerprint density at radius 2 is 2.19 bits per heavy atom. The molecular formula is C17H25N3O. The van der Waals surface area contributed by atoms with Crippen molar-refractivity contribution in [2.75, 3.05) is 13.1 Å². The highest BCUT2D eigenvalue weighted by Crippen LogP contribution is 2.26. The van der Waals surface area contributed by atoms with Gasteiger partial charge in [0.05, 0.1) is 0 Å². The fourth-order valence-corrected chi connectivity index (χ4v) is 3.64. The summed E-state index contributed by atoms with van der Waals surface area (Å²) in [6.45, 7) is 5.00. The van der Waals surface area contributed by atoms with Gasteiger partial charge in [0.25, 0.3) is 0 Å². The van der Waals surface area contributed by atoms with Crippen LogP contribution in [-0.4, -0.2) is 36.1 Å². The molecule has 2 unspecified atom stereocenters. The average molecular weight is 287 g/mol. The molecule has 2 amide bonds. The summed E-state index contributed by atoms with van der Waals surface area (Å²) in [4.78, 5) is 14.6. The molecule has 2 N–H and O–H groups in total. The molecule has 21 heavy (non-hydrogen) atoms. The Morgan fingerprint density at radius 3 is 3.05 bits per heavy atom. The number of urea groups is 1. The van der Waals surface area contributed by atoms with Crippen molar-refractivity contribution >= 4 is 6.03 Å². The highest BCUT2D eigenvalue weighted by atomic mass is 16.2. The van der Waals surface area contributed by atoms with E-state index in [4.69, 9.17) is 0 Å². The maximum absolute atomic E-state index is 12.1. The molecule has 2 aliphatic heterocycles. The first-order valence-electron chi connectivity index (χ1n) is 8.06. The fourth-order valence-electron chi connectivity index (χ4n) is 3.64. The summed E-state index contributed by atoms with van der Waals surface area (Å²) < 4.78 is 0. The molecule has 3 rings (SSSR count). The Labute approximate surface area is 126 Å². The first-order chi connectivity index (χ1) is 10.2. The standard InChI is InChI=1S/C17H25N3O/c1-13-5-4-6-14(11-13)12-18-17(21)19-15-8-10-20-9-3-2-7-16(15)20/h4-6,11,15-16H,2-3,7-10,12H2,1H3,(H2,18,19,21). The lowest BCUT2D eigenvalue weighted by molar-refractivity contribution is 0.179. The minimum absolute atomic E-state index is 0.0334. The van der Waals surface area contributed by atoms with Gasteiger partial charge in [0, 0.05) is 25.2 Å². The molecule has 2 heterocycles. The van der Waals surface area contributed by atoms with E-state index in [2.05, 4.69) is 34.6 Å². The summed E-state index contributed by atoms with van der Waals surface area (Å²) in [5, 5.41) is 6.15. The van der Waals surface area contributed by atoms with Crippen molar-refractivity contribution in [3.63, 3.8) is 0 Å².